The van der Waals surface area contributed by atoms with E-state index >= 15 is 0 Å². The Kier molecular flexibility index (Phi) is 2.06. The van der Waals surface area contributed by atoms with Gasteiger partial charge in [-0.2, -0.15) is 0 Å². The molecule has 14 heavy (non-hydrogen) atoms. The molecule has 72 valence electrons. The van der Waals surface area contributed by atoms with E-state index in [4.69, 9.17) is 14.9 Å². The first-order valence-electron chi connectivity index (χ1n) is 4.02. The molecule has 0 saturated heterocycles. The highest BCUT2D eigenvalue weighted by molar-refractivity contribution is 5.60. The summed E-state index contributed by atoms with van der Waals surface area (Å²) in [7, 11) is 1.57. The van der Waals surface area contributed by atoms with Crippen LogP contribution < -0.4 is 10.5 Å². The van der Waals surface area contributed by atoms with Crippen LogP contribution in [-0.4, -0.2) is 17.1 Å². The van der Waals surface area contributed by atoms with Crippen molar-refractivity contribution in [3.8, 4) is 17.2 Å². The van der Waals surface area contributed by atoms with Crippen LogP contribution >= 0.6 is 0 Å². The molecule has 2 rings (SSSR count). The average molecular weight is 191 g/mol. The molecule has 0 aliphatic heterocycles. The molecule has 0 fully saturated rings. The fraction of sp³-hybridized carbons (Fsp3) is 0.111. The molecule has 0 spiro atoms. The molecular weight excluding hydrogens is 182 g/mol. The van der Waals surface area contributed by atoms with Gasteiger partial charge in [-0.05, 0) is 12.1 Å². The molecule has 5 nitrogen and oxygen atoms in total. The summed E-state index contributed by atoms with van der Waals surface area (Å²) in [4.78, 5) is 7.90. The fourth-order valence-corrected chi connectivity index (χ4v) is 1.14. The number of hydrogen-bond donors (Lipinski definition) is 1. The van der Waals surface area contributed by atoms with Gasteiger partial charge in [-0.3, -0.25) is 0 Å². The van der Waals surface area contributed by atoms with E-state index in [0.29, 0.717) is 17.2 Å². The second-order valence-electron chi connectivity index (χ2n) is 2.62. The standard InChI is InChI=1S/C9H9N3O2/c1-13-6-3-2-4-11-8(6)7-5-12-9(10)14-7/h2-5H,1H3,(H2,10,12). The van der Waals surface area contributed by atoms with Crippen molar-refractivity contribution in [3.05, 3.63) is 24.5 Å². The predicted molar refractivity (Wildman–Crippen MR) is 50.7 cm³/mol. The van der Waals surface area contributed by atoms with Crippen LogP contribution in [0, 0.1) is 0 Å². The maximum Gasteiger partial charge on any atom is 0.292 e. The molecule has 2 aromatic rings. The molecule has 0 atom stereocenters. The smallest absolute Gasteiger partial charge is 0.292 e. The van der Waals surface area contributed by atoms with E-state index in [1.807, 2.05) is 0 Å². The number of nitrogens with two attached hydrogens (primary N) is 1. The van der Waals surface area contributed by atoms with Crippen molar-refractivity contribution in [2.24, 2.45) is 0 Å². The van der Waals surface area contributed by atoms with Gasteiger partial charge < -0.3 is 14.9 Å². The first kappa shape index (κ1) is 8.55. The maximum atomic E-state index is 5.36. The van der Waals surface area contributed by atoms with Crippen molar-refractivity contribution in [1.82, 2.24) is 9.97 Å². The molecule has 2 N–H and O–H groups in total. The van der Waals surface area contributed by atoms with Gasteiger partial charge >= 0.3 is 0 Å². The van der Waals surface area contributed by atoms with Gasteiger partial charge in [0.25, 0.3) is 6.01 Å². The number of aromatic nitrogens is 2. The molecule has 2 heterocycles. The number of pyridine rings is 1. The zero-order valence-electron chi connectivity index (χ0n) is 7.60. The van der Waals surface area contributed by atoms with Crippen molar-refractivity contribution >= 4 is 6.01 Å². The lowest BCUT2D eigenvalue weighted by atomic mass is 10.3. The summed E-state index contributed by atoms with van der Waals surface area (Å²) in [6.45, 7) is 0. The summed E-state index contributed by atoms with van der Waals surface area (Å²) in [6, 6.07) is 3.69. The van der Waals surface area contributed by atoms with E-state index in [1.165, 1.54) is 6.20 Å². The number of nitrogen functional groups attached to an aromatic ring is 1. The van der Waals surface area contributed by atoms with Gasteiger partial charge in [0, 0.05) is 6.20 Å². The van der Waals surface area contributed by atoms with Gasteiger partial charge in [-0.15, -0.1) is 0 Å². The van der Waals surface area contributed by atoms with E-state index < -0.39 is 0 Å². The minimum atomic E-state index is 0.118. The van der Waals surface area contributed by atoms with Crippen molar-refractivity contribution < 1.29 is 9.15 Å². The zero-order chi connectivity index (χ0) is 9.97. The van der Waals surface area contributed by atoms with Crippen molar-refractivity contribution in [3.63, 3.8) is 0 Å². The Morgan fingerprint density at radius 3 is 2.93 bits per heavy atom. The van der Waals surface area contributed by atoms with E-state index in [9.17, 15) is 0 Å². The van der Waals surface area contributed by atoms with Crippen LogP contribution in [0.15, 0.2) is 28.9 Å². The lowest BCUT2D eigenvalue weighted by molar-refractivity contribution is 0.413. The van der Waals surface area contributed by atoms with Crippen molar-refractivity contribution in [2.45, 2.75) is 0 Å². The first-order valence-corrected chi connectivity index (χ1v) is 4.02. The summed E-state index contributed by atoms with van der Waals surface area (Å²) in [6.07, 6.45) is 3.16. The summed E-state index contributed by atoms with van der Waals surface area (Å²) in [5, 5.41) is 0. The van der Waals surface area contributed by atoms with Crippen LogP contribution in [0.25, 0.3) is 11.5 Å². The second-order valence-corrected chi connectivity index (χ2v) is 2.62. The Morgan fingerprint density at radius 1 is 1.43 bits per heavy atom. The van der Waals surface area contributed by atoms with Crippen LogP contribution in [0.1, 0.15) is 0 Å². The van der Waals surface area contributed by atoms with Crippen molar-refractivity contribution in [2.75, 3.05) is 12.8 Å². The molecule has 0 aromatic carbocycles. The van der Waals surface area contributed by atoms with Crippen LogP contribution in [-0.2, 0) is 0 Å². The van der Waals surface area contributed by atoms with Gasteiger partial charge in [0.1, 0.15) is 11.4 Å². The number of hydrogen-bond acceptors (Lipinski definition) is 5. The highest BCUT2D eigenvalue weighted by Crippen LogP contribution is 2.27. The number of ether oxygens (including phenoxy) is 1. The number of methoxy groups -OCH3 is 1. The molecule has 2 aromatic heterocycles. The van der Waals surface area contributed by atoms with Gasteiger partial charge in [0.15, 0.2) is 5.76 Å². The third-order valence-corrected chi connectivity index (χ3v) is 1.75. The fourth-order valence-electron chi connectivity index (χ4n) is 1.14. The summed E-state index contributed by atoms with van der Waals surface area (Å²) in [5.74, 6) is 1.13. The third kappa shape index (κ3) is 1.39. The molecule has 0 aliphatic rings. The topological polar surface area (TPSA) is 74.2 Å². The minimum Gasteiger partial charge on any atom is -0.494 e. The first-order chi connectivity index (χ1) is 6.81. The largest absolute Gasteiger partial charge is 0.494 e. The van der Waals surface area contributed by atoms with Gasteiger partial charge in [-0.25, -0.2) is 9.97 Å². The Labute approximate surface area is 80.5 Å². The molecule has 0 bridgehead atoms. The number of nitrogens with zero attached hydrogens (tertiary/aromatic N) is 2. The Morgan fingerprint density at radius 2 is 2.29 bits per heavy atom. The summed E-state index contributed by atoms with van der Waals surface area (Å²) >= 11 is 0. The molecule has 5 heteroatoms. The third-order valence-electron chi connectivity index (χ3n) is 1.75. The SMILES string of the molecule is COc1cccnc1-c1cnc(N)o1. The van der Waals surface area contributed by atoms with Crippen LogP contribution in [0.4, 0.5) is 6.01 Å². The van der Waals surface area contributed by atoms with E-state index in [2.05, 4.69) is 9.97 Å². The molecule has 0 saturated carbocycles. The predicted octanol–water partition coefficient (Wildman–Crippen LogP) is 1.33. The van der Waals surface area contributed by atoms with E-state index in [-0.39, 0.29) is 6.01 Å². The summed E-state index contributed by atoms with van der Waals surface area (Å²) in [5.41, 5.74) is 5.96. The maximum absolute atomic E-state index is 5.36. The molecule has 0 radical (unpaired) electrons. The van der Waals surface area contributed by atoms with Crippen LogP contribution in [0.5, 0.6) is 5.75 Å². The van der Waals surface area contributed by atoms with Crippen LogP contribution in [0.3, 0.4) is 0 Å². The lowest BCUT2D eigenvalue weighted by Gasteiger charge is -2.02. The molecule has 0 amide bonds. The van der Waals surface area contributed by atoms with Crippen LogP contribution in [0.2, 0.25) is 0 Å². The number of anilines is 1. The average Bonchev–Trinajstić information content (AvgIpc) is 2.65. The Bertz CT molecular complexity index is 439. The molecule has 0 unspecified atom stereocenters. The van der Waals surface area contributed by atoms with E-state index in [0.717, 1.165) is 0 Å². The lowest BCUT2D eigenvalue weighted by Crippen LogP contribution is -1.89. The highest BCUT2D eigenvalue weighted by Gasteiger charge is 2.10. The van der Waals surface area contributed by atoms with E-state index in [1.54, 1.807) is 25.4 Å². The molecule has 0 aliphatic carbocycles. The number of rotatable bonds is 2. The zero-order valence-corrected chi connectivity index (χ0v) is 7.60. The number of oxazole rings is 1. The highest BCUT2D eigenvalue weighted by atomic mass is 16.5. The van der Waals surface area contributed by atoms with Gasteiger partial charge in [0.2, 0.25) is 0 Å². The Hall–Kier alpha value is -2.04. The Balaban J connectivity index is 2.50. The van der Waals surface area contributed by atoms with Gasteiger partial charge in [0.05, 0.1) is 13.3 Å². The monoisotopic (exact) mass is 191 g/mol. The van der Waals surface area contributed by atoms with Crippen molar-refractivity contribution in [1.29, 1.82) is 0 Å². The quantitative estimate of drug-likeness (QED) is 0.775. The normalized spacial score (nSPS) is 10.1. The second kappa shape index (κ2) is 3.37. The molecular formula is C9H9N3O2. The van der Waals surface area contributed by atoms with Gasteiger partial charge in [-0.1, -0.05) is 0 Å². The summed E-state index contributed by atoms with van der Waals surface area (Å²) < 4.78 is 10.3. The minimum absolute atomic E-state index is 0.118.